The SMILES string of the molecule is Cc1ccc2nc(C3CCN(C(=O)C4CCCO4)CC3)[nH]c2c1. The first kappa shape index (κ1) is 14.7. The lowest BCUT2D eigenvalue weighted by molar-refractivity contribution is -0.142. The van der Waals surface area contributed by atoms with E-state index in [9.17, 15) is 4.79 Å². The number of rotatable bonds is 2. The smallest absolute Gasteiger partial charge is 0.251 e. The molecule has 2 aromatic rings. The Labute approximate surface area is 136 Å². The van der Waals surface area contributed by atoms with Crippen molar-refractivity contribution < 1.29 is 9.53 Å². The van der Waals surface area contributed by atoms with Gasteiger partial charge >= 0.3 is 0 Å². The number of aromatic nitrogens is 2. The number of aromatic amines is 1. The molecule has 0 saturated carbocycles. The molecule has 1 aromatic heterocycles. The quantitative estimate of drug-likeness (QED) is 0.927. The maximum absolute atomic E-state index is 12.4. The van der Waals surface area contributed by atoms with E-state index >= 15 is 0 Å². The first-order valence-corrected chi connectivity index (χ1v) is 8.57. The average Bonchev–Trinajstić information content (AvgIpc) is 3.23. The number of hydrogen-bond acceptors (Lipinski definition) is 3. The minimum Gasteiger partial charge on any atom is -0.368 e. The van der Waals surface area contributed by atoms with Crippen LogP contribution in [0.3, 0.4) is 0 Å². The van der Waals surface area contributed by atoms with Crippen LogP contribution in [0.1, 0.15) is 43.0 Å². The van der Waals surface area contributed by atoms with E-state index in [2.05, 4.69) is 30.1 Å². The Morgan fingerprint density at radius 3 is 2.87 bits per heavy atom. The van der Waals surface area contributed by atoms with Gasteiger partial charge in [0.1, 0.15) is 11.9 Å². The summed E-state index contributed by atoms with van der Waals surface area (Å²) in [5, 5.41) is 0. The number of hydrogen-bond donors (Lipinski definition) is 1. The monoisotopic (exact) mass is 313 g/mol. The van der Waals surface area contributed by atoms with E-state index in [1.807, 2.05) is 4.90 Å². The van der Waals surface area contributed by atoms with E-state index in [0.717, 1.165) is 62.2 Å². The standard InChI is InChI=1S/C18H23N3O2/c1-12-4-5-14-15(11-12)20-17(19-14)13-6-8-21(9-7-13)18(22)16-3-2-10-23-16/h4-5,11,13,16H,2-3,6-10H2,1H3,(H,19,20). The van der Waals surface area contributed by atoms with Gasteiger partial charge in [0, 0.05) is 25.6 Å². The van der Waals surface area contributed by atoms with Gasteiger partial charge in [0.15, 0.2) is 0 Å². The zero-order valence-electron chi connectivity index (χ0n) is 13.5. The summed E-state index contributed by atoms with van der Waals surface area (Å²) in [5.74, 6) is 1.66. The van der Waals surface area contributed by atoms with Crippen molar-refractivity contribution in [2.75, 3.05) is 19.7 Å². The fourth-order valence-corrected chi connectivity index (χ4v) is 3.69. The van der Waals surface area contributed by atoms with Crippen LogP contribution < -0.4 is 0 Å². The zero-order valence-corrected chi connectivity index (χ0v) is 13.5. The molecule has 5 nitrogen and oxygen atoms in total. The molecule has 2 fully saturated rings. The van der Waals surface area contributed by atoms with E-state index in [4.69, 9.17) is 9.72 Å². The second kappa shape index (κ2) is 5.96. The number of H-pyrrole nitrogens is 1. The lowest BCUT2D eigenvalue weighted by Gasteiger charge is -2.32. The molecule has 5 heteroatoms. The predicted octanol–water partition coefficient (Wildman–Crippen LogP) is 2.76. The van der Waals surface area contributed by atoms with E-state index in [1.165, 1.54) is 5.56 Å². The molecule has 122 valence electrons. The third-order valence-electron chi connectivity index (χ3n) is 5.05. The molecular formula is C18H23N3O2. The van der Waals surface area contributed by atoms with E-state index in [0.29, 0.717) is 5.92 Å². The number of nitrogens with one attached hydrogen (secondary N) is 1. The van der Waals surface area contributed by atoms with Crippen molar-refractivity contribution in [3.05, 3.63) is 29.6 Å². The number of nitrogens with zero attached hydrogens (tertiary/aromatic N) is 2. The van der Waals surface area contributed by atoms with Gasteiger partial charge in [0.2, 0.25) is 0 Å². The summed E-state index contributed by atoms with van der Waals surface area (Å²) in [5.41, 5.74) is 3.38. The summed E-state index contributed by atoms with van der Waals surface area (Å²) in [4.78, 5) is 22.6. The fraction of sp³-hybridized carbons (Fsp3) is 0.556. The van der Waals surface area contributed by atoms with Crippen LogP contribution >= 0.6 is 0 Å². The molecule has 1 amide bonds. The maximum atomic E-state index is 12.4. The summed E-state index contributed by atoms with van der Waals surface area (Å²) in [7, 11) is 0. The molecule has 2 aliphatic rings. The lowest BCUT2D eigenvalue weighted by atomic mass is 9.95. The molecule has 1 aromatic carbocycles. The van der Waals surface area contributed by atoms with Gasteiger partial charge in [-0.05, 0) is 50.3 Å². The van der Waals surface area contributed by atoms with Gasteiger partial charge in [-0.25, -0.2) is 4.98 Å². The van der Waals surface area contributed by atoms with Crippen molar-refractivity contribution in [2.24, 2.45) is 0 Å². The number of ether oxygens (including phenoxy) is 1. The van der Waals surface area contributed by atoms with Crippen molar-refractivity contribution in [1.29, 1.82) is 0 Å². The molecule has 0 spiro atoms. The number of carbonyl (C=O) groups excluding carboxylic acids is 1. The molecule has 2 aliphatic heterocycles. The Bertz CT molecular complexity index is 710. The Balaban J connectivity index is 1.43. The van der Waals surface area contributed by atoms with Crippen LogP contribution in [0.15, 0.2) is 18.2 Å². The first-order chi connectivity index (χ1) is 11.2. The Kier molecular flexibility index (Phi) is 3.81. The van der Waals surface area contributed by atoms with E-state index in [-0.39, 0.29) is 12.0 Å². The molecule has 0 aliphatic carbocycles. The summed E-state index contributed by atoms with van der Waals surface area (Å²) in [6.07, 6.45) is 3.63. The number of benzene rings is 1. The number of imidazole rings is 1. The Morgan fingerprint density at radius 2 is 2.13 bits per heavy atom. The van der Waals surface area contributed by atoms with E-state index < -0.39 is 0 Å². The summed E-state index contributed by atoms with van der Waals surface area (Å²) in [6.45, 7) is 4.43. The maximum Gasteiger partial charge on any atom is 0.251 e. The summed E-state index contributed by atoms with van der Waals surface area (Å²) in [6, 6.07) is 6.30. The van der Waals surface area contributed by atoms with Gasteiger partial charge in [-0.1, -0.05) is 6.07 Å². The lowest BCUT2D eigenvalue weighted by Crippen LogP contribution is -2.43. The van der Waals surface area contributed by atoms with Gasteiger partial charge < -0.3 is 14.6 Å². The average molecular weight is 313 g/mol. The molecule has 1 N–H and O–H groups in total. The van der Waals surface area contributed by atoms with Gasteiger partial charge in [-0.15, -0.1) is 0 Å². The van der Waals surface area contributed by atoms with Crippen LogP contribution in [0, 0.1) is 6.92 Å². The molecule has 4 rings (SSSR count). The number of piperidine rings is 1. The molecule has 1 unspecified atom stereocenters. The summed E-state index contributed by atoms with van der Waals surface area (Å²) < 4.78 is 5.52. The molecular weight excluding hydrogens is 290 g/mol. The van der Waals surface area contributed by atoms with Crippen LogP contribution in [0.2, 0.25) is 0 Å². The zero-order chi connectivity index (χ0) is 15.8. The first-order valence-electron chi connectivity index (χ1n) is 8.57. The highest BCUT2D eigenvalue weighted by Crippen LogP contribution is 2.29. The van der Waals surface area contributed by atoms with Crippen molar-refractivity contribution >= 4 is 16.9 Å². The fourth-order valence-electron chi connectivity index (χ4n) is 3.69. The predicted molar refractivity (Wildman–Crippen MR) is 88.4 cm³/mol. The Hall–Kier alpha value is -1.88. The second-order valence-corrected chi connectivity index (χ2v) is 6.74. The number of aryl methyl sites for hydroxylation is 1. The van der Waals surface area contributed by atoms with Crippen LogP contribution in [-0.4, -0.2) is 46.6 Å². The minimum absolute atomic E-state index is 0.182. The van der Waals surface area contributed by atoms with Crippen LogP contribution in [0.25, 0.3) is 11.0 Å². The number of fused-ring (bicyclic) bond motifs is 1. The van der Waals surface area contributed by atoms with Crippen molar-refractivity contribution in [2.45, 2.75) is 44.6 Å². The summed E-state index contributed by atoms with van der Waals surface area (Å²) >= 11 is 0. The largest absolute Gasteiger partial charge is 0.368 e. The molecule has 23 heavy (non-hydrogen) atoms. The number of amides is 1. The van der Waals surface area contributed by atoms with Crippen molar-refractivity contribution in [3.8, 4) is 0 Å². The number of likely N-dealkylation sites (tertiary alicyclic amines) is 1. The topological polar surface area (TPSA) is 58.2 Å². The minimum atomic E-state index is -0.194. The highest BCUT2D eigenvalue weighted by atomic mass is 16.5. The van der Waals surface area contributed by atoms with Gasteiger partial charge in [-0.2, -0.15) is 0 Å². The third kappa shape index (κ3) is 2.85. The van der Waals surface area contributed by atoms with Gasteiger partial charge in [-0.3, -0.25) is 4.79 Å². The normalized spacial score (nSPS) is 22.8. The molecule has 1 atom stereocenters. The molecule has 0 radical (unpaired) electrons. The van der Waals surface area contributed by atoms with Gasteiger partial charge in [0.05, 0.1) is 11.0 Å². The highest BCUT2D eigenvalue weighted by Gasteiger charge is 2.31. The Morgan fingerprint density at radius 1 is 1.30 bits per heavy atom. The van der Waals surface area contributed by atoms with Crippen LogP contribution in [0.5, 0.6) is 0 Å². The number of carbonyl (C=O) groups is 1. The highest BCUT2D eigenvalue weighted by molar-refractivity contribution is 5.81. The molecule has 0 bridgehead atoms. The van der Waals surface area contributed by atoms with Crippen molar-refractivity contribution in [3.63, 3.8) is 0 Å². The van der Waals surface area contributed by atoms with Crippen LogP contribution in [-0.2, 0) is 9.53 Å². The molecule has 2 saturated heterocycles. The van der Waals surface area contributed by atoms with Gasteiger partial charge in [0.25, 0.3) is 5.91 Å². The third-order valence-corrected chi connectivity index (χ3v) is 5.05. The van der Waals surface area contributed by atoms with E-state index in [1.54, 1.807) is 0 Å². The van der Waals surface area contributed by atoms with Crippen LogP contribution in [0.4, 0.5) is 0 Å². The second-order valence-electron chi connectivity index (χ2n) is 6.74. The van der Waals surface area contributed by atoms with Crippen molar-refractivity contribution in [1.82, 2.24) is 14.9 Å². The molecule has 3 heterocycles.